The van der Waals surface area contributed by atoms with Crippen molar-refractivity contribution >= 4 is 40.8 Å². The van der Waals surface area contributed by atoms with Crippen LogP contribution in [0.2, 0.25) is 0 Å². The van der Waals surface area contributed by atoms with Crippen molar-refractivity contribution < 1.29 is 28.0 Å². The molecule has 1 aliphatic heterocycles. The van der Waals surface area contributed by atoms with Gasteiger partial charge in [-0.1, -0.05) is 12.1 Å². The Morgan fingerprint density at radius 1 is 0.935 bits per heavy atom. The molecule has 1 saturated heterocycles. The van der Waals surface area contributed by atoms with Gasteiger partial charge in [0.25, 0.3) is 17.1 Å². The van der Waals surface area contributed by atoms with Crippen molar-refractivity contribution in [3.8, 4) is 0 Å². The van der Waals surface area contributed by atoms with Crippen LogP contribution < -0.4 is 10.6 Å². The topological polar surface area (TPSA) is 95.6 Å². The second kappa shape index (κ2) is 9.98. The molecule has 1 heterocycles. The minimum absolute atomic E-state index is 0.00706. The molecule has 1 aliphatic rings. The molecule has 10 heteroatoms. The second-order valence-corrected chi connectivity index (χ2v) is 7.42. The van der Waals surface area contributed by atoms with E-state index in [0.717, 1.165) is 28.8 Å². The molecule has 0 bridgehead atoms. The summed E-state index contributed by atoms with van der Waals surface area (Å²) in [4.78, 5) is 49.5. The second-order valence-electron chi connectivity index (χ2n) is 6.42. The van der Waals surface area contributed by atoms with Crippen molar-refractivity contribution in [3.63, 3.8) is 0 Å². The third-order valence-electron chi connectivity index (χ3n) is 4.21. The van der Waals surface area contributed by atoms with Crippen LogP contribution in [0.25, 0.3) is 6.08 Å². The average molecular weight is 445 g/mol. The molecular formula is C21H17F2N3O4S. The molecule has 31 heavy (non-hydrogen) atoms. The number of thioether (sulfide) groups is 1. The van der Waals surface area contributed by atoms with Gasteiger partial charge < -0.3 is 10.6 Å². The fourth-order valence-corrected chi connectivity index (χ4v) is 3.50. The Morgan fingerprint density at radius 2 is 1.55 bits per heavy atom. The molecule has 4 amide bonds. The predicted octanol–water partition coefficient (Wildman–Crippen LogP) is 2.55. The zero-order valence-corrected chi connectivity index (χ0v) is 16.9. The molecule has 160 valence electrons. The standard InChI is InChI=1S/C21H17F2N3O4S/c22-15-5-1-13(2-6-15)11-17-20(29)26(21(30)31-17)10-9-24-18(27)12-25-19(28)14-3-7-16(23)8-4-14/h1-8,11H,9-10,12H2,(H,24,27)(H,25,28)/b17-11-. The highest BCUT2D eigenvalue weighted by Crippen LogP contribution is 2.31. The van der Waals surface area contributed by atoms with E-state index < -0.39 is 34.6 Å². The van der Waals surface area contributed by atoms with Gasteiger partial charge in [-0.05, 0) is 59.8 Å². The van der Waals surface area contributed by atoms with Crippen LogP contribution in [0, 0.1) is 11.6 Å². The molecule has 1 fully saturated rings. The van der Waals surface area contributed by atoms with Crippen LogP contribution in [0.5, 0.6) is 0 Å². The van der Waals surface area contributed by atoms with E-state index in [-0.39, 0.29) is 30.1 Å². The van der Waals surface area contributed by atoms with Crippen molar-refractivity contribution in [2.45, 2.75) is 0 Å². The maximum atomic E-state index is 13.0. The van der Waals surface area contributed by atoms with E-state index in [2.05, 4.69) is 10.6 Å². The zero-order chi connectivity index (χ0) is 22.4. The number of hydrogen-bond acceptors (Lipinski definition) is 5. The summed E-state index contributed by atoms with van der Waals surface area (Å²) >= 11 is 0.761. The van der Waals surface area contributed by atoms with Gasteiger partial charge in [-0.25, -0.2) is 8.78 Å². The molecular weight excluding hydrogens is 428 g/mol. The van der Waals surface area contributed by atoms with Crippen molar-refractivity contribution in [2.75, 3.05) is 19.6 Å². The lowest BCUT2D eigenvalue weighted by Crippen LogP contribution is -2.41. The van der Waals surface area contributed by atoms with E-state index in [9.17, 15) is 28.0 Å². The zero-order valence-electron chi connectivity index (χ0n) is 16.1. The lowest BCUT2D eigenvalue weighted by atomic mass is 10.2. The summed E-state index contributed by atoms with van der Waals surface area (Å²) < 4.78 is 25.8. The summed E-state index contributed by atoms with van der Waals surface area (Å²) in [5.74, 6) is -2.43. The minimum Gasteiger partial charge on any atom is -0.353 e. The first-order valence-corrected chi connectivity index (χ1v) is 9.96. The molecule has 2 N–H and O–H groups in total. The van der Waals surface area contributed by atoms with E-state index in [1.807, 2.05) is 0 Å². The van der Waals surface area contributed by atoms with Gasteiger partial charge in [0, 0.05) is 18.7 Å². The Balaban J connectivity index is 1.45. The molecule has 3 rings (SSSR count). The Kier molecular flexibility index (Phi) is 7.14. The number of nitrogens with one attached hydrogen (secondary N) is 2. The fraction of sp³-hybridized carbons (Fsp3) is 0.143. The Bertz CT molecular complexity index is 1040. The maximum Gasteiger partial charge on any atom is 0.293 e. The first-order chi connectivity index (χ1) is 14.8. The van der Waals surface area contributed by atoms with Crippen LogP contribution >= 0.6 is 11.8 Å². The van der Waals surface area contributed by atoms with Gasteiger partial charge in [-0.15, -0.1) is 0 Å². The van der Waals surface area contributed by atoms with Crippen molar-refractivity contribution in [3.05, 3.63) is 76.2 Å². The molecule has 0 unspecified atom stereocenters. The van der Waals surface area contributed by atoms with Gasteiger partial charge in [0.05, 0.1) is 11.4 Å². The van der Waals surface area contributed by atoms with E-state index in [1.54, 1.807) is 0 Å². The number of imide groups is 1. The number of carbonyl (C=O) groups is 4. The van der Waals surface area contributed by atoms with Gasteiger partial charge in [-0.3, -0.25) is 24.1 Å². The molecule has 7 nitrogen and oxygen atoms in total. The van der Waals surface area contributed by atoms with Crippen LogP contribution in [0.1, 0.15) is 15.9 Å². The number of carbonyl (C=O) groups excluding carboxylic acids is 4. The van der Waals surface area contributed by atoms with Gasteiger partial charge in [0.2, 0.25) is 5.91 Å². The predicted molar refractivity (Wildman–Crippen MR) is 111 cm³/mol. The summed E-state index contributed by atoms with van der Waals surface area (Å²) in [7, 11) is 0. The molecule has 0 saturated carbocycles. The van der Waals surface area contributed by atoms with Gasteiger partial charge in [-0.2, -0.15) is 0 Å². The van der Waals surface area contributed by atoms with Crippen LogP contribution in [0.4, 0.5) is 13.6 Å². The van der Waals surface area contributed by atoms with Crippen LogP contribution in [-0.4, -0.2) is 47.5 Å². The number of nitrogens with zero attached hydrogens (tertiary/aromatic N) is 1. The number of hydrogen-bond donors (Lipinski definition) is 2. The molecule has 0 atom stereocenters. The Labute approximate surface area is 180 Å². The van der Waals surface area contributed by atoms with Crippen molar-refractivity contribution in [2.24, 2.45) is 0 Å². The molecule has 0 radical (unpaired) electrons. The van der Waals surface area contributed by atoms with Crippen LogP contribution in [-0.2, 0) is 9.59 Å². The number of benzene rings is 2. The SMILES string of the molecule is O=C(CNC(=O)c1ccc(F)cc1)NCCN1C(=O)S/C(=C\c2ccc(F)cc2)C1=O. The van der Waals surface area contributed by atoms with Gasteiger partial charge >= 0.3 is 0 Å². The normalized spacial score (nSPS) is 14.8. The Hall–Kier alpha value is -3.53. The molecule has 0 spiro atoms. The molecule has 2 aromatic carbocycles. The van der Waals surface area contributed by atoms with Crippen molar-refractivity contribution in [1.29, 1.82) is 0 Å². The number of halogens is 2. The van der Waals surface area contributed by atoms with E-state index in [4.69, 9.17) is 0 Å². The largest absolute Gasteiger partial charge is 0.353 e. The summed E-state index contributed by atoms with van der Waals surface area (Å²) in [6, 6.07) is 10.3. The van der Waals surface area contributed by atoms with E-state index in [1.165, 1.54) is 42.5 Å². The summed E-state index contributed by atoms with van der Waals surface area (Å²) in [6.45, 7) is -0.348. The lowest BCUT2D eigenvalue weighted by molar-refractivity contribution is -0.124. The number of amides is 4. The monoisotopic (exact) mass is 445 g/mol. The van der Waals surface area contributed by atoms with E-state index in [0.29, 0.717) is 5.56 Å². The average Bonchev–Trinajstić information content (AvgIpc) is 3.01. The smallest absolute Gasteiger partial charge is 0.293 e. The fourth-order valence-electron chi connectivity index (χ4n) is 2.64. The quantitative estimate of drug-likeness (QED) is 0.639. The molecule has 0 aliphatic carbocycles. The highest BCUT2D eigenvalue weighted by Gasteiger charge is 2.34. The molecule has 0 aromatic heterocycles. The van der Waals surface area contributed by atoms with Crippen LogP contribution in [0.3, 0.4) is 0 Å². The summed E-state index contributed by atoms with van der Waals surface area (Å²) in [6.07, 6.45) is 1.49. The summed E-state index contributed by atoms with van der Waals surface area (Å²) in [5, 5.41) is 4.42. The van der Waals surface area contributed by atoms with Gasteiger partial charge in [0.1, 0.15) is 11.6 Å². The highest BCUT2D eigenvalue weighted by atomic mass is 32.2. The highest BCUT2D eigenvalue weighted by molar-refractivity contribution is 8.18. The maximum absolute atomic E-state index is 13.0. The van der Waals surface area contributed by atoms with Gasteiger partial charge in [0.15, 0.2) is 0 Å². The van der Waals surface area contributed by atoms with Crippen molar-refractivity contribution in [1.82, 2.24) is 15.5 Å². The lowest BCUT2D eigenvalue weighted by Gasteiger charge is -2.13. The number of rotatable bonds is 7. The molecule has 2 aromatic rings. The summed E-state index contributed by atoms with van der Waals surface area (Å²) in [5.41, 5.74) is 0.789. The Morgan fingerprint density at radius 3 is 2.19 bits per heavy atom. The van der Waals surface area contributed by atoms with E-state index >= 15 is 0 Å². The first-order valence-electron chi connectivity index (χ1n) is 9.15. The first kappa shape index (κ1) is 22.2. The van der Waals surface area contributed by atoms with Crippen LogP contribution in [0.15, 0.2) is 53.4 Å². The minimum atomic E-state index is -0.535. The third-order valence-corrected chi connectivity index (χ3v) is 5.12. The third kappa shape index (κ3) is 5.98.